The smallest absolute Gasteiger partial charge is 0.323 e. The maximum absolute atomic E-state index is 11.5. The summed E-state index contributed by atoms with van der Waals surface area (Å²) in [4.78, 5) is 23.3. The van der Waals surface area contributed by atoms with Crippen molar-refractivity contribution >= 4 is 11.9 Å². The Morgan fingerprint density at radius 2 is 2.13 bits per heavy atom. The molecule has 0 fully saturated rings. The molecule has 0 aromatic heterocycles. The summed E-state index contributed by atoms with van der Waals surface area (Å²) in [5.41, 5.74) is 5.27. The molecule has 0 spiro atoms. The van der Waals surface area contributed by atoms with Crippen LogP contribution in [0.4, 0.5) is 0 Å². The molecule has 6 heteroatoms. The van der Waals surface area contributed by atoms with Crippen LogP contribution in [0.5, 0.6) is 0 Å². The highest BCUT2D eigenvalue weighted by Gasteiger charge is 2.15. The number of nitrogens with zero attached hydrogens (tertiary/aromatic N) is 1. The molecule has 0 unspecified atom stereocenters. The van der Waals surface area contributed by atoms with Gasteiger partial charge in [-0.05, 0) is 13.0 Å². The van der Waals surface area contributed by atoms with Crippen molar-refractivity contribution in [3.05, 3.63) is 0 Å². The zero-order valence-corrected chi connectivity index (χ0v) is 8.94. The number of aliphatic carboxylic acids is 1. The summed E-state index contributed by atoms with van der Waals surface area (Å²) < 4.78 is 4.80. The van der Waals surface area contributed by atoms with E-state index < -0.39 is 5.97 Å². The van der Waals surface area contributed by atoms with Crippen molar-refractivity contribution in [2.75, 3.05) is 33.4 Å². The van der Waals surface area contributed by atoms with Crippen molar-refractivity contribution in [3.8, 4) is 0 Å². The molecule has 0 atom stereocenters. The van der Waals surface area contributed by atoms with Gasteiger partial charge in [-0.2, -0.15) is 0 Å². The monoisotopic (exact) mass is 218 g/mol. The molecule has 0 aromatic carbocycles. The Kier molecular flexibility index (Phi) is 7.57. The number of carbonyl (C=O) groups is 2. The molecular formula is C9H18N2O4. The van der Waals surface area contributed by atoms with Crippen molar-refractivity contribution in [1.29, 1.82) is 0 Å². The Balaban J connectivity index is 4.07. The average molecular weight is 218 g/mol. The molecule has 3 N–H and O–H groups in total. The van der Waals surface area contributed by atoms with Crippen LogP contribution < -0.4 is 5.73 Å². The van der Waals surface area contributed by atoms with Crippen LogP contribution in [0.3, 0.4) is 0 Å². The van der Waals surface area contributed by atoms with Crippen molar-refractivity contribution in [2.45, 2.75) is 12.8 Å². The highest BCUT2D eigenvalue weighted by molar-refractivity contribution is 5.81. The Hall–Kier alpha value is -1.14. The van der Waals surface area contributed by atoms with E-state index in [1.807, 2.05) is 0 Å². The minimum atomic E-state index is -1.02. The summed E-state index contributed by atoms with van der Waals surface area (Å²) in [6, 6.07) is 0. The standard InChI is InChI=1S/C9H18N2O4/c1-15-6-5-11(7-9(13)14)8(12)3-2-4-10/h2-7,10H2,1H3,(H,13,14). The Labute approximate surface area is 89.0 Å². The van der Waals surface area contributed by atoms with Crippen LogP contribution in [0.1, 0.15) is 12.8 Å². The summed E-state index contributed by atoms with van der Waals surface area (Å²) in [5, 5.41) is 8.60. The minimum absolute atomic E-state index is 0.195. The van der Waals surface area contributed by atoms with Gasteiger partial charge >= 0.3 is 5.97 Å². The number of carboxylic acids is 1. The van der Waals surface area contributed by atoms with E-state index in [2.05, 4.69) is 0 Å². The molecule has 0 radical (unpaired) electrons. The first-order valence-corrected chi connectivity index (χ1v) is 4.80. The lowest BCUT2D eigenvalue weighted by Gasteiger charge is -2.20. The molecule has 0 aliphatic carbocycles. The predicted molar refractivity (Wildman–Crippen MR) is 54.4 cm³/mol. The molecule has 88 valence electrons. The zero-order chi connectivity index (χ0) is 11.7. The van der Waals surface area contributed by atoms with E-state index in [1.165, 1.54) is 12.0 Å². The van der Waals surface area contributed by atoms with Crippen LogP contribution >= 0.6 is 0 Å². The van der Waals surface area contributed by atoms with Gasteiger partial charge in [0.05, 0.1) is 6.61 Å². The first-order chi connectivity index (χ1) is 7.11. The summed E-state index contributed by atoms with van der Waals surface area (Å²) in [5.74, 6) is -1.22. The maximum Gasteiger partial charge on any atom is 0.323 e. The van der Waals surface area contributed by atoms with Gasteiger partial charge in [0.1, 0.15) is 6.54 Å². The van der Waals surface area contributed by atoms with Gasteiger partial charge in [0.2, 0.25) is 5.91 Å². The molecule has 0 aromatic rings. The van der Waals surface area contributed by atoms with Crippen LogP contribution in [0.25, 0.3) is 0 Å². The number of ether oxygens (including phenoxy) is 1. The number of hydrogen-bond donors (Lipinski definition) is 2. The lowest BCUT2D eigenvalue weighted by molar-refractivity contribution is -0.144. The predicted octanol–water partition coefficient (Wildman–Crippen LogP) is -0.715. The number of hydrogen-bond acceptors (Lipinski definition) is 4. The average Bonchev–Trinajstić information content (AvgIpc) is 2.20. The first kappa shape index (κ1) is 13.9. The highest BCUT2D eigenvalue weighted by Crippen LogP contribution is 1.97. The molecule has 0 rings (SSSR count). The van der Waals surface area contributed by atoms with Gasteiger partial charge in [0.25, 0.3) is 0 Å². The summed E-state index contributed by atoms with van der Waals surface area (Å²) in [6.07, 6.45) is 0.857. The van der Waals surface area contributed by atoms with Gasteiger partial charge in [-0.1, -0.05) is 0 Å². The number of methoxy groups -OCH3 is 1. The number of carboxylic acid groups (broad SMARTS) is 1. The third kappa shape index (κ3) is 6.87. The summed E-state index contributed by atoms with van der Waals surface area (Å²) >= 11 is 0. The molecule has 6 nitrogen and oxygen atoms in total. The largest absolute Gasteiger partial charge is 0.480 e. The van der Waals surface area contributed by atoms with Gasteiger partial charge in [-0.3, -0.25) is 9.59 Å². The Morgan fingerprint density at radius 3 is 2.60 bits per heavy atom. The van der Waals surface area contributed by atoms with Gasteiger partial charge in [-0.25, -0.2) is 0 Å². The van der Waals surface area contributed by atoms with Crippen LogP contribution in [0.2, 0.25) is 0 Å². The summed E-state index contributed by atoms with van der Waals surface area (Å²) in [6.45, 7) is 0.775. The van der Waals surface area contributed by atoms with E-state index in [9.17, 15) is 9.59 Å². The van der Waals surface area contributed by atoms with Crippen molar-refractivity contribution < 1.29 is 19.4 Å². The van der Waals surface area contributed by atoms with E-state index in [4.69, 9.17) is 15.6 Å². The maximum atomic E-state index is 11.5. The van der Waals surface area contributed by atoms with Gasteiger partial charge in [0, 0.05) is 20.1 Å². The van der Waals surface area contributed by atoms with Crippen LogP contribution in [-0.2, 0) is 14.3 Å². The topological polar surface area (TPSA) is 92.9 Å². The number of rotatable bonds is 8. The zero-order valence-electron chi connectivity index (χ0n) is 8.94. The van der Waals surface area contributed by atoms with E-state index in [1.54, 1.807) is 0 Å². The highest BCUT2D eigenvalue weighted by atomic mass is 16.5. The minimum Gasteiger partial charge on any atom is -0.480 e. The van der Waals surface area contributed by atoms with Crippen molar-refractivity contribution in [3.63, 3.8) is 0 Å². The van der Waals surface area contributed by atoms with E-state index in [0.717, 1.165) is 0 Å². The molecule has 1 amide bonds. The third-order valence-electron chi connectivity index (χ3n) is 1.84. The molecular weight excluding hydrogens is 200 g/mol. The molecule has 0 aliphatic rings. The van der Waals surface area contributed by atoms with Crippen LogP contribution in [0, 0.1) is 0 Å². The van der Waals surface area contributed by atoms with Gasteiger partial charge in [-0.15, -0.1) is 0 Å². The fourth-order valence-corrected chi connectivity index (χ4v) is 1.07. The third-order valence-corrected chi connectivity index (χ3v) is 1.84. The fourth-order valence-electron chi connectivity index (χ4n) is 1.07. The normalized spacial score (nSPS) is 10.0. The second-order valence-corrected chi connectivity index (χ2v) is 3.09. The molecule has 0 saturated carbocycles. The van der Waals surface area contributed by atoms with Crippen molar-refractivity contribution in [2.24, 2.45) is 5.73 Å². The number of nitrogens with two attached hydrogens (primary N) is 1. The van der Waals surface area contributed by atoms with Crippen molar-refractivity contribution in [1.82, 2.24) is 4.90 Å². The van der Waals surface area contributed by atoms with Gasteiger partial charge in [0.15, 0.2) is 0 Å². The lowest BCUT2D eigenvalue weighted by Crippen LogP contribution is -2.38. The summed E-state index contributed by atoms with van der Waals surface area (Å²) in [7, 11) is 1.50. The quantitative estimate of drug-likeness (QED) is 0.561. The lowest BCUT2D eigenvalue weighted by atomic mass is 10.2. The van der Waals surface area contributed by atoms with E-state index in [0.29, 0.717) is 26.1 Å². The molecule has 0 heterocycles. The SMILES string of the molecule is COCCN(CC(=O)O)C(=O)CCCN. The molecule has 0 saturated heterocycles. The van der Waals surface area contributed by atoms with Crippen LogP contribution in [0.15, 0.2) is 0 Å². The molecule has 0 bridgehead atoms. The van der Waals surface area contributed by atoms with E-state index in [-0.39, 0.29) is 18.9 Å². The Bertz CT molecular complexity index is 208. The molecule has 0 aliphatic heterocycles. The number of amides is 1. The molecule has 15 heavy (non-hydrogen) atoms. The second-order valence-electron chi connectivity index (χ2n) is 3.09. The van der Waals surface area contributed by atoms with E-state index >= 15 is 0 Å². The Morgan fingerprint density at radius 1 is 1.47 bits per heavy atom. The fraction of sp³-hybridized carbons (Fsp3) is 0.778. The number of carbonyl (C=O) groups excluding carboxylic acids is 1. The van der Waals surface area contributed by atoms with Crippen LogP contribution in [-0.4, -0.2) is 55.2 Å². The first-order valence-electron chi connectivity index (χ1n) is 4.80. The second kappa shape index (κ2) is 8.19. The van der Waals surface area contributed by atoms with Gasteiger partial charge < -0.3 is 20.5 Å².